The second-order valence-electron chi connectivity index (χ2n) is 6.32. The molecular formula is C16H23N5O2. The third kappa shape index (κ3) is 3.11. The molecule has 0 spiro atoms. The van der Waals surface area contributed by atoms with E-state index in [1.807, 2.05) is 12.3 Å². The maximum absolute atomic E-state index is 6.14. The molecule has 2 aromatic rings. The van der Waals surface area contributed by atoms with Gasteiger partial charge in [0, 0.05) is 25.3 Å². The van der Waals surface area contributed by atoms with Crippen LogP contribution in [0.2, 0.25) is 0 Å². The van der Waals surface area contributed by atoms with Crippen LogP contribution < -0.4 is 10.5 Å². The fraction of sp³-hybridized carbons (Fsp3) is 0.625. The lowest BCUT2D eigenvalue weighted by Crippen LogP contribution is -2.46. The number of nitrogens with one attached hydrogen (secondary N) is 1. The lowest BCUT2D eigenvalue weighted by Gasteiger charge is -2.38. The van der Waals surface area contributed by atoms with Crippen molar-refractivity contribution in [2.45, 2.75) is 37.8 Å². The molecule has 2 fully saturated rings. The molecule has 0 bridgehead atoms. The summed E-state index contributed by atoms with van der Waals surface area (Å²) in [6.07, 6.45) is 6.47. The van der Waals surface area contributed by atoms with Gasteiger partial charge in [-0.25, -0.2) is 4.98 Å². The summed E-state index contributed by atoms with van der Waals surface area (Å²) in [6.45, 7) is 3.84. The summed E-state index contributed by atoms with van der Waals surface area (Å²) in [7, 11) is 0. The van der Waals surface area contributed by atoms with Crippen molar-refractivity contribution in [1.29, 1.82) is 0 Å². The molecular weight excluding hydrogens is 294 g/mol. The molecule has 23 heavy (non-hydrogen) atoms. The van der Waals surface area contributed by atoms with Crippen molar-refractivity contribution in [3.63, 3.8) is 0 Å². The van der Waals surface area contributed by atoms with Gasteiger partial charge in [0.15, 0.2) is 0 Å². The van der Waals surface area contributed by atoms with Gasteiger partial charge in [-0.2, -0.15) is 4.98 Å². The van der Waals surface area contributed by atoms with Crippen molar-refractivity contribution in [2.75, 3.05) is 32.0 Å². The first kappa shape index (κ1) is 14.7. The number of ether oxygens (including phenoxy) is 2. The molecule has 0 aromatic carbocycles. The molecule has 3 N–H and O–H groups in total. The Morgan fingerprint density at radius 1 is 1.17 bits per heavy atom. The van der Waals surface area contributed by atoms with Gasteiger partial charge in [-0.1, -0.05) is 0 Å². The van der Waals surface area contributed by atoms with Gasteiger partial charge >= 0.3 is 0 Å². The minimum absolute atomic E-state index is 0.202. The molecule has 1 saturated carbocycles. The molecule has 7 nitrogen and oxygen atoms in total. The van der Waals surface area contributed by atoms with Gasteiger partial charge in [0.1, 0.15) is 11.6 Å². The lowest BCUT2D eigenvalue weighted by molar-refractivity contribution is -0.00126. The van der Waals surface area contributed by atoms with Crippen LogP contribution in [0.4, 0.5) is 5.95 Å². The van der Waals surface area contributed by atoms with E-state index in [0.717, 1.165) is 50.2 Å². The number of nitrogen functional groups attached to an aromatic ring is 1. The topological polar surface area (TPSA) is 89.3 Å². The summed E-state index contributed by atoms with van der Waals surface area (Å²) in [5.74, 6) is 0.835. The molecule has 2 aliphatic rings. The number of hydrogen-bond donors (Lipinski definition) is 2. The van der Waals surface area contributed by atoms with Crippen LogP contribution >= 0.6 is 0 Å². The third-order valence-corrected chi connectivity index (χ3v) is 4.87. The molecule has 0 unspecified atom stereocenters. The van der Waals surface area contributed by atoms with E-state index < -0.39 is 0 Å². The normalized spacial score (nSPS) is 26.4. The number of fused-ring (bicyclic) bond motifs is 1. The number of morpholine rings is 1. The Labute approximate surface area is 135 Å². The average molecular weight is 317 g/mol. The highest BCUT2D eigenvalue weighted by Gasteiger charge is 2.28. The Hall–Kier alpha value is -1.86. The fourth-order valence-corrected chi connectivity index (χ4v) is 3.65. The summed E-state index contributed by atoms with van der Waals surface area (Å²) in [5, 5.41) is 0. The van der Waals surface area contributed by atoms with E-state index in [2.05, 4.69) is 19.9 Å². The second-order valence-corrected chi connectivity index (χ2v) is 6.32. The van der Waals surface area contributed by atoms with E-state index in [1.165, 1.54) is 12.8 Å². The second kappa shape index (κ2) is 6.33. The summed E-state index contributed by atoms with van der Waals surface area (Å²) >= 11 is 0. The number of anilines is 1. The van der Waals surface area contributed by atoms with Gasteiger partial charge in [-0.05, 0) is 31.7 Å². The van der Waals surface area contributed by atoms with E-state index in [9.17, 15) is 0 Å². The molecule has 124 valence electrons. The van der Waals surface area contributed by atoms with Crippen molar-refractivity contribution >= 4 is 17.0 Å². The van der Waals surface area contributed by atoms with Crippen molar-refractivity contribution in [1.82, 2.24) is 19.9 Å². The van der Waals surface area contributed by atoms with E-state index in [-0.39, 0.29) is 12.1 Å². The van der Waals surface area contributed by atoms with Gasteiger partial charge in [0.05, 0.1) is 18.7 Å². The molecule has 0 radical (unpaired) electrons. The SMILES string of the molecule is Nc1nc(O[C@H]2CC[C@H](N3CCOCC3)CC2)c2[nH]ccc2n1. The molecule has 3 heterocycles. The maximum atomic E-state index is 6.14. The smallest absolute Gasteiger partial charge is 0.243 e. The fourth-order valence-electron chi connectivity index (χ4n) is 3.65. The third-order valence-electron chi connectivity index (χ3n) is 4.87. The number of H-pyrrole nitrogens is 1. The van der Waals surface area contributed by atoms with Crippen LogP contribution in [-0.2, 0) is 4.74 Å². The van der Waals surface area contributed by atoms with Crippen molar-refractivity contribution < 1.29 is 9.47 Å². The van der Waals surface area contributed by atoms with E-state index >= 15 is 0 Å². The first-order valence-corrected chi connectivity index (χ1v) is 8.38. The minimum Gasteiger partial charge on any atom is -0.473 e. The van der Waals surface area contributed by atoms with Crippen LogP contribution in [-0.4, -0.2) is 58.3 Å². The number of rotatable bonds is 3. The van der Waals surface area contributed by atoms with Gasteiger partial charge in [-0.3, -0.25) is 4.90 Å². The van der Waals surface area contributed by atoms with Crippen LogP contribution in [0.1, 0.15) is 25.7 Å². The average Bonchev–Trinajstić information content (AvgIpc) is 3.05. The summed E-state index contributed by atoms with van der Waals surface area (Å²) < 4.78 is 11.6. The highest BCUT2D eigenvalue weighted by molar-refractivity contribution is 5.80. The molecule has 1 saturated heterocycles. The van der Waals surface area contributed by atoms with Gasteiger partial charge in [-0.15, -0.1) is 0 Å². The Balaban J connectivity index is 1.39. The van der Waals surface area contributed by atoms with Crippen molar-refractivity contribution in [3.05, 3.63) is 12.3 Å². The van der Waals surface area contributed by atoms with Gasteiger partial charge < -0.3 is 20.2 Å². The molecule has 7 heteroatoms. The number of nitrogens with two attached hydrogens (primary N) is 1. The Morgan fingerprint density at radius 3 is 2.74 bits per heavy atom. The predicted octanol–water partition coefficient (Wildman–Crippen LogP) is 1.56. The quantitative estimate of drug-likeness (QED) is 0.893. The maximum Gasteiger partial charge on any atom is 0.243 e. The molecule has 0 atom stereocenters. The summed E-state index contributed by atoms with van der Waals surface area (Å²) in [4.78, 5) is 14.2. The van der Waals surface area contributed by atoms with E-state index in [4.69, 9.17) is 15.2 Å². The zero-order valence-corrected chi connectivity index (χ0v) is 13.2. The van der Waals surface area contributed by atoms with E-state index in [1.54, 1.807) is 0 Å². The minimum atomic E-state index is 0.202. The van der Waals surface area contributed by atoms with Crippen LogP contribution in [0, 0.1) is 0 Å². The zero-order valence-electron chi connectivity index (χ0n) is 13.2. The van der Waals surface area contributed by atoms with Gasteiger partial charge in [0.2, 0.25) is 11.8 Å². The predicted molar refractivity (Wildman–Crippen MR) is 87.4 cm³/mol. The first-order valence-electron chi connectivity index (χ1n) is 8.38. The number of aromatic amines is 1. The summed E-state index contributed by atoms with van der Waals surface area (Å²) in [6, 6.07) is 2.55. The zero-order chi connectivity index (χ0) is 15.6. The van der Waals surface area contributed by atoms with Gasteiger partial charge in [0.25, 0.3) is 0 Å². The van der Waals surface area contributed by atoms with Crippen molar-refractivity contribution in [2.24, 2.45) is 0 Å². The largest absolute Gasteiger partial charge is 0.473 e. The lowest BCUT2D eigenvalue weighted by atomic mass is 9.91. The number of nitrogens with zero attached hydrogens (tertiary/aromatic N) is 3. The highest BCUT2D eigenvalue weighted by atomic mass is 16.5. The standard InChI is InChI=1S/C16H23N5O2/c17-16-19-13-5-6-18-14(13)15(20-16)23-12-3-1-11(2-4-12)21-7-9-22-10-8-21/h5-6,11-12,18H,1-4,7-10H2,(H2,17,19,20)/t11-,12-. The van der Waals surface area contributed by atoms with Crippen molar-refractivity contribution in [3.8, 4) is 5.88 Å². The molecule has 1 aliphatic heterocycles. The summed E-state index contributed by atoms with van der Waals surface area (Å²) in [5.41, 5.74) is 7.40. The monoisotopic (exact) mass is 317 g/mol. The van der Waals surface area contributed by atoms with Crippen LogP contribution in [0.15, 0.2) is 12.3 Å². The van der Waals surface area contributed by atoms with E-state index in [0.29, 0.717) is 11.9 Å². The Morgan fingerprint density at radius 2 is 1.96 bits per heavy atom. The Bertz CT molecular complexity index is 660. The van der Waals surface area contributed by atoms with Crippen LogP contribution in [0.3, 0.4) is 0 Å². The molecule has 1 aliphatic carbocycles. The number of aromatic nitrogens is 3. The van der Waals surface area contributed by atoms with Crippen LogP contribution in [0.25, 0.3) is 11.0 Å². The molecule has 2 aromatic heterocycles. The first-order chi connectivity index (χ1) is 11.3. The number of hydrogen-bond acceptors (Lipinski definition) is 6. The van der Waals surface area contributed by atoms with Crippen LogP contribution in [0.5, 0.6) is 5.88 Å². The Kier molecular flexibility index (Phi) is 4.05. The highest BCUT2D eigenvalue weighted by Crippen LogP contribution is 2.29. The molecule has 4 rings (SSSR count). The molecule has 0 amide bonds.